The minimum Gasteiger partial charge on any atom is -0.508 e. The van der Waals surface area contributed by atoms with E-state index in [1.54, 1.807) is 26.0 Å². The van der Waals surface area contributed by atoms with E-state index in [9.17, 15) is 24.3 Å². The highest BCUT2D eigenvalue weighted by Crippen LogP contribution is 2.12. The fourth-order valence-electron chi connectivity index (χ4n) is 2.57. The van der Waals surface area contributed by atoms with Gasteiger partial charge in [0.2, 0.25) is 17.7 Å². The lowest BCUT2D eigenvalue weighted by Gasteiger charge is -2.25. The second-order valence-corrected chi connectivity index (χ2v) is 7.89. The zero-order valence-corrected chi connectivity index (χ0v) is 18.7. The van der Waals surface area contributed by atoms with Crippen molar-refractivity contribution < 1.29 is 34.5 Å². The number of aromatic hydroxyl groups is 1. The molecule has 0 fully saturated rings. The van der Waals surface area contributed by atoms with Crippen LogP contribution in [-0.4, -0.2) is 75.5 Å². The molecule has 0 aliphatic heterocycles. The minimum absolute atomic E-state index is 0.0318. The summed E-state index contributed by atoms with van der Waals surface area (Å²) < 4.78 is 0. The molecule has 1 aromatic carbocycles. The lowest BCUT2D eigenvalue weighted by Crippen LogP contribution is -2.58. The Hall–Kier alpha value is -2.83. The number of carboxylic acid groups (broad SMARTS) is 1. The first-order chi connectivity index (χ1) is 15.0. The Morgan fingerprint density at radius 3 is 1.91 bits per heavy atom. The molecule has 0 spiro atoms. The monoisotopic (exact) mass is 470 g/mol. The number of carbonyl (C=O) groups is 4. The number of hydrogen-bond donors (Lipinski definition) is 8. The normalized spacial score (nSPS) is 14.7. The molecule has 0 saturated carbocycles. The van der Waals surface area contributed by atoms with E-state index in [4.69, 9.17) is 15.9 Å². The predicted molar refractivity (Wildman–Crippen MR) is 119 cm³/mol. The third kappa shape index (κ3) is 8.36. The summed E-state index contributed by atoms with van der Waals surface area (Å²) in [5.74, 6) is -3.89. The number of benzene rings is 1. The van der Waals surface area contributed by atoms with Gasteiger partial charge in [-0.25, -0.2) is 4.79 Å². The molecule has 4 atom stereocenters. The van der Waals surface area contributed by atoms with Crippen molar-refractivity contribution in [2.45, 2.75) is 44.4 Å². The van der Waals surface area contributed by atoms with Gasteiger partial charge < -0.3 is 37.0 Å². The van der Waals surface area contributed by atoms with E-state index in [2.05, 4.69) is 28.6 Å². The number of hydrogen-bond acceptors (Lipinski definition) is 8. The number of carbonyl (C=O) groups excluding carboxylic acids is 3. The lowest BCUT2D eigenvalue weighted by molar-refractivity contribution is -0.143. The molecule has 0 bridgehead atoms. The topological polar surface area (TPSA) is 191 Å². The van der Waals surface area contributed by atoms with E-state index >= 15 is 0 Å². The van der Waals surface area contributed by atoms with Crippen LogP contribution in [0.15, 0.2) is 24.3 Å². The Bertz CT molecular complexity index is 804. The average molecular weight is 471 g/mol. The minimum atomic E-state index is -1.54. The van der Waals surface area contributed by atoms with Gasteiger partial charge >= 0.3 is 5.97 Å². The van der Waals surface area contributed by atoms with E-state index in [-0.39, 0.29) is 23.8 Å². The van der Waals surface area contributed by atoms with Crippen molar-refractivity contribution >= 4 is 36.3 Å². The van der Waals surface area contributed by atoms with Gasteiger partial charge in [0, 0.05) is 12.2 Å². The van der Waals surface area contributed by atoms with Crippen molar-refractivity contribution in [3.05, 3.63) is 29.8 Å². The number of phenolic OH excluding ortho intramolecular Hbond substituents is 1. The maximum absolute atomic E-state index is 12.9. The zero-order chi connectivity index (χ0) is 24.4. The number of aliphatic hydroxyl groups is 1. The van der Waals surface area contributed by atoms with E-state index < -0.39 is 54.5 Å². The number of carboxylic acids is 1. The summed E-state index contributed by atoms with van der Waals surface area (Å²) in [6, 6.07) is 1.26. The van der Waals surface area contributed by atoms with Crippen LogP contribution in [0.1, 0.15) is 19.4 Å². The molecule has 0 radical (unpaired) electrons. The number of rotatable bonds is 12. The van der Waals surface area contributed by atoms with Crippen LogP contribution in [0.25, 0.3) is 0 Å². The average Bonchev–Trinajstić information content (AvgIpc) is 2.75. The third-order valence-corrected chi connectivity index (χ3v) is 5.01. The molecule has 178 valence electrons. The summed E-state index contributed by atoms with van der Waals surface area (Å²) in [4.78, 5) is 48.7. The van der Waals surface area contributed by atoms with Crippen LogP contribution in [0.5, 0.6) is 5.75 Å². The summed E-state index contributed by atoms with van der Waals surface area (Å²) in [6.45, 7) is 2.67. The van der Waals surface area contributed by atoms with Crippen LogP contribution >= 0.6 is 12.6 Å². The smallest absolute Gasteiger partial charge is 0.328 e. The lowest BCUT2D eigenvalue weighted by atomic mass is 10.0. The van der Waals surface area contributed by atoms with Gasteiger partial charge in [-0.1, -0.05) is 26.0 Å². The van der Waals surface area contributed by atoms with Crippen LogP contribution in [0.2, 0.25) is 0 Å². The van der Waals surface area contributed by atoms with Gasteiger partial charge in [-0.15, -0.1) is 0 Å². The molecule has 0 saturated heterocycles. The van der Waals surface area contributed by atoms with Crippen LogP contribution < -0.4 is 21.7 Å². The molecule has 0 aliphatic rings. The fourth-order valence-corrected chi connectivity index (χ4v) is 2.83. The number of amides is 3. The molecule has 11 nitrogen and oxygen atoms in total. The first-order valence-electron chi connectivity index (χ1n) is 9.89. The summed E-state index contributed by atoms with van der Waals surface area (Å²) in [7, 11) is 0. The Kier molecular flexibility index (Phi) is 11.0. The summed E-state index contributed by atoms with van der Waals surface area (Å²) in [5.41, 5.74) is 6.49. The van der Waals surface area contributed by atoms with E-state index in [1.165, 1.54) is 12.1 Å². The maximum atomic E-state index is 12.9. The summed E-state index contributed by atoms with van der Waals surface area (Å²) >= 11 is 4.02. The van der Waals surface area contributed by atoms with Crippen molar-refractivity contribution in [2.24, 2.45) is 11.7 Å². The number of aliphatic carboxylic acids is 1. The van der Waals surface area contributed by atoms with E-state index in [1.807, 2.05) is 0 Å². The molecule has 0 aliphatic carbocycles. The molecule has 3 amide bonds. The molecule has 1 aromatic rings. The number of nitrogens with one attached hydrogen (secondary N) is 3. The fraction of sp³-hybridized carbons (Fsp3) is 0.500. The van der Waals surface area contributed by atoms with Crippen molar-refractivity contribution in [3.63, 3.8) is 0 Å². The highest BCUT2D eigenvalue weighted by molar-refractivity contribution is 7.80. The van der Waals surface area contributed by atoms with Gasteiger partial charge in [0.15, 0.2) is 0 Å². The molecular weight excluding hydrogens is 440 g/mol. The largest absolute Gasteiger partial charge is 0.508 e. The van der Waals surface area contributed by atoms with Gasteiger partial charge in [0.25, 0.3) is 0 Å². The zero-order valence-electron chi connectivity index (χ0n) is 17.8. The Morgan fingerprint density at radius 2 is 1.44 bits per heavy atom. The van der Waals surface area contributed by atoms with Gasteiger partial charge in [0.05, 0.1) is 12.6 Å². The second kappa shape index (κ2) is 12.9. The van der Waals surface area contributed by atoms with Gasteiger partial charge in [-0.3, -0.25) is 14.4 Å². The number of nitrogens with two attached hydrogens (primary N) is 1. The van der Waals surface area contributed by atoms with Crippen LogP contribution in [0.4, 0.5) is 0 Å². The molecule has 1 rings (SSSR count). The first-order valence-corrected chi connectivity index (χ1v) is 10.5. The van der Waals surface area contributed by atoms with Gasteiger partial charge in [-0.2, -0.15) is 12.6 Å². The van der Waals surface area contributed by atoms with Crippen LogP contribution in [-0.2, 0) is 25.6 Å². The van der Waals surface area contributed by atoms with Crippen LogP contribution in [0, 0.1) is 5.92 Å². The number of thiol groups is 1. The predicted octanol–water partition coefficient (Wildman–Crippen LogP) is -1.62. The van der Waals surface area contributed by atoms with E-state index in [0.717, 1.165) is 0 Å². The maximum Gasteiger partial charge on any atom is 0.328 e. The SMILES string of the molecule is CC(C)C(N)C(=O)NC(Cc1ccc(O)cc1)C(=O)NC(CS)C(=O)NC(CO)C(=O)O. The highest BCUT2D eigenvalue weighted by atomic mass is 32.1. The standard InChI is InChI=1S/C20H30N4O7S/c1-10(2)16(21)19(29)22-13(7-11-3-5-12(26)6-4-11)17(27)24-15(9-32)18(28)23-14(8-25)20(30)31/h3-6,10,13-16,25-26,32H,7-9,21H2,1-2H3,(H,22,29)(H,23,28)(H,24,27)(H,30,31). The van der Waals surface area contributed by atoms with E-state index in [0.29, 0.717) is 5.56 Å². The number of aliphatic hydroxyl groups excluding tert-OH is 1. The van der Waals surface area contributed by atoms with Crippen molar-refractivity contribution in [2.75, 3.05) is 12.4 Å². The quantitative estimate of drug-likeness (QED) is 0.167. The summed E-state index contributed by atoms with van der Waals surface area (Å²) in [5, 5.41) is 34.6. The Balaban J connectivity index is 3.00. The van der Waals surface area contributed by atoms with Crippen molar-refractivity contribution in [1.82, 2.24) is 16.0 Å². The molecular formula is C20H30N4O7S. The molecule has 4 unspecified atom stereocenters. The first kappa shape index (κ1) is 27.2. The van der Waals surface area contributed by atoms with Crippen molar-refractivity contribution in [1.29, 1.82) is 0 Å². The van der Waals surface area contributed by atoms with Crippen molar-refractivity contribution in [3.8, 4) is 5.75 Å². The highest BCUT2D eigenvalue weighted by Gasteiger charge is 2.30. The molecule has 0 heterocycles. The molecule has 32 heavy (non-hydrogen) atoms. The van der Waals surface area contributed by atoms with Crippen LogP contribution in [0.3, 0.4) is 0 Å². The van der Waals surface area contributed by atoms with Gasteiger partial charge in [-0.05, 0) is 23.6 Å². The number of phenols is 1. The Morgan fingerprint density at radius 1 is 0.938 bits per heavy atom. The molecule has 0 aromatic heterocycles. The third-order valence-electron chi connectivity index (χ3n) is 4.64. The Labute approximate surface area is 191 Å². The molecule has 8 N–H and O–H groups in total. The summed E-state index contributed by atoms with van der Waals surface area (Å²) in [6.07, 6.45) is 0.0397. The molecule has 12 heteroatoms. The van der Waals surface area contributed by atoms with Gasteiger partial charge in [0.1, 0.15) is 23.9 Å². The second-order valence-electron chi connectivity index (χ2n) is 7.53.